The Morgan fingerprint density at radius 2 is 2.00 bits per heavy atom. The van der Waals surface area contributed by atoms with Crippen LogP contribution in [-0.4, -0.2) is 39.5 Å². The van der Waals surface area contributed by atoms with Gasteiger partial charge in [-0.15, -0.1) is 0 Å². The molecule has 114 valence electrons. The van der Waals surface area contributed by atoms with Gasteiger partial charge in [0.05, 0.1) is 4.90 Å². The molecule has 0 aliphatic carbocycles. The molecule has 0 bridgehead atoms. The summed E-state index contributed by atoms with van der Waals surface area (Å²) in [5.74, 6) is 0. The third-order valence-corrected chi connectivity index (χ3v) is 4.61. The molecule has 0 atom stereocenters. The quantitative estimate of drug-likeness (QED) is 0.717. The monoisotopic (exact) mass is 299 g/mol. The second-order valence-corrected chi connectivity index (χ2v) is 6.45. The molecule has 0 heterocycles. The largest absolute Gasteiger partial charge is 0.326 e. The van der Waals surface area contributed by atoms with Crippen LogP contribution in [0.15, 0.2) is 29.2 Å². The molecule has 0 saturated heterocycles. The summed E-state index contributed by atoms with van der Waals surface area (Å²) < 4.78 is 27.0. The van der Waals surface area contributed by atoms with Gasteiger partial charge in [-0.1, -0.05) is 26.0 Å². The molecule has 0 aliphatic rings. The van der Waals surface area contributed by atoms with Crippen LogP contribution in [0.2, 0.25) is 0 Å². The van der Waals surface area contributed by atoms with Crippen molar-refractivity contribution in [1.29, 1.82) is 0 Å². The zero-order valence-electron chi connectivity index (χ0n) is 12.3. The number of rotatable bonds is 9. The van der Waals surface area contributed by atoms with Gasteiger partial charge in [0.15, 0.2) is 0 Å². The molecule has 1 aromatic rings. The van der Waals surface area contributed by atoms with Crippen LogP contribution in [0.3, 0.4) is 0 Å². The first-order chi connectivity index (χ1) is 9.53. The highest BCUT2D eigenvalue weighted by Crippen LogP contribution is 2.10. The van der Waals surface area contributed by atoms with Crippen molar-refractivity contribution in [1.82, 2.24) is 9.62 Å². The molecule has 0 fully saturated rings. The van der Waals surface area contributed by atoms with E-state index in [1.165, 1.54) is 0 Å². The van der Waals surface area contributed by atoms with Gasteiger partial charge in [-0.25, -0.2) is 13.1 Å². The number of hydrogen-bond acceptors (Lipinski definition) is 4. The molecule has 1 rings (SSSR count). The van der Waals surface area contributed by atoms with Gasteiger partial charge >= 0.3 is 0 Å². The highest BCUT2D eigenvalue weighted by atomic mass is 32.2. The summed E-state index contributed by atoms with van der Waals surface area (Å²) in [6, 6.07) is 6.74. The molecule has 0 unspecified atom stereocenters. The van der Waals surface area contributed by atoms with Crippen molar-refractivity contribution in [2.24, 2.45) is 5.73 Å². The molecule has 0 radical (unpaired) electrons. The first-order valence-electron chi connectivity index (χ1n) is 7.04. The minimum Gasteiger partial charge on any atom is -0.326 e. The van der Waals surface area contributed by atoms with Gasteiger partial charge in [0, 0.05) is 19.6 Å². The third-order valence-electron chi connectivity index (χ3n) is 3.15. The van der Waals surface area contributed by atoms with E-state index >= 15 is 0 Å². The second kappa shape index (κ2) is 8.36. The van der Waals surface area contributed by atoms with E-state index in [-0.39, 0.29) is 4.90 Å². The Labute approximate surface area is 122 Å². The van der Waals surface area contributed by atoms with Crippen LogP contribution in [0.5, 0.6) is 0 Å². The maximum atomic E-state index is 12.2. The maximum absolute atomic E-state index is 12.2. The summed E-state index contributed by atoms with van der Waals surface area (Å²) in [5, 5.41) is 0. The number of nitrogens with two attached hydrogens (primary N) is 1. The zero-order valence-corrected chi connectivity index (χ0v) is 13.1. The van der Waals surface area contributed by atoms with Crippen LogP contribution in [0.1, 0.15) is 25.8 Å². The topological polar surface area (TPSA) is 75.4 Å². The van der Waals surface area contributed by atoms with Crippen molar-refractivity contribution in [2.75, 3.05) is 26.2 Å². The van der Waals surface area contributed by atoms with Crippen LogP contribution in [0.4, 0.5) is 0 Å². The van der Waals surface area contributed by atoms with Gasteiger partial charge < -0.3 is 10.6 Å². The maximum Gasteiger partial charge on any atom is 0.240 e. The van der Waals surface area contributed by atoms with Crippen molar-refractivity contribution < 1.29 is 8.42 Å². The fourth-order valence-electron chi connectivity index (χ4n) is 2.01. The van der Waals surface area contributed by atoms with E-state index in [0.717, 1.165) is 31.6 Å². The zero-order chi connectivity index (χ0) is 15.0. The fraction of sp³-hybridized carbons (Fsp3) is 0.571. The summed E-state index contributed by atoms with van der Waals surface area (Å²) in [4.78, 5) is 2.50. The lowest BCUT2D eigenvalue weighted by molar-refractivity contribution is 0.293. The molecule has 0 aromatic heterocycles. The number of sulfonamides is 1. The third kappa shape index (κ3) is 5.20. The van der Waals surface area contributed by atoms with E-state index in [1.54, 1.807) is 18.2 Å². The van der Waals surface area contributed by atoms with Gasteiger partial charge in [-0.05, 0) is 37.2 Å². The molecular weight excluding hydrogens is 274 g/mol. The lowest BCUT2D eigenvalue weighted by Gasteiger charge is -2.19. The van der Waals surface area contributed by atoms with E-state index in [0.29, 0.717) is 13.1 Å². The number of likely N-dealkylation sites (N-methyl/N-ethyl adjacent to an activating group) is 1. The number of nitrogens with zero attached hydrogens (tertiary/aromatic N) is 1. The molecule has 0 saturated carbocycles. The predicted octanol–water partition coefficient (Wildman–Crippen LogP) is 1.16. The first-order valence-corrected chi connectivity index (χ1v) is 8.52. The van der Waals surface area contributed by atoms with E-state index in [9.17, 15) is 8.42 Å². The predicted molar refractivity (Wildman–Crippen MR) is 81.9 cm³/mol. The average molecular weight is 299 g/mol. The van der Waals surface area contributed by atoms with Crippen LogP contribution >= 0.6 is 0 Å². The van der Waals surface area contributed by atoms with Gasteiger partial charge in [-0.2, -0.15) is 0 Å². The van der Waals surface area contributed by atoms with Crippen LogP contribution < -0.4 is 10.5 Å². The molecule has 0 aliphatic heterocycles. The minimum atomic E-state index is -3.44. The van der Waals surface area contributed by atoms with E-state index in [4.69, 9.17) is 5.73 Å². The first kappa shape index (κ1) is 17.1. The Balaban J connectivity index is 2.61. The van der Waals surface area contributed by atoms with Crippen molar-refractivity contribution in [2.45, 2.75) is 31.7 Å². The summed E-state index contributed by atoms with van der Waals surface area (Å²) in [6.07, 6.45) is 1.07. The fourth-order valence-corrected chi connectivity index (χ4v) is 3.10. The van der Waals surface area contributed by atoms with Gasteiger partial charge in [0.25, 0.3) is 0 Å². The van der Waals surface area contributed by atoms with Crippen LogP contribution in [-0.2, 0) is 16.6 Å². The van der Waals surface area contributed by atoms with Crippen molar-refractivity contribution in [3.63, 3.8) is 0 Å². The van der Waals surface area contributed by atoms with Crippen LogP contribution in [0, 0.1) is 0 Å². The number of nitrogens with one attached hydrogen (secondary N) is 1. The second-order valence-electron chi connectivity index (χ2n) is 4.68. The summed E-state index contributed by atoms with van der Waals surface area (Å²) in [5.41, 5.74) is 6.35. The molecule has 1 aromatic carbocycles. The average Bonchev–Trinajstić information content (AvgIpc) is 2.46. The Morgan fingerprint density at radius 3 is 2.60 bits per heavy atom. The summed E-state index contributed by atoms with van der Waals surface area (Å²) >= 11 is 0. The molecule has 20 heavy (non-hydrogen) atoms. The van der Waals surface area contributed by atoms with E-state index < -0.39 is 10.0 Å². The van der Waals surface area contributed by atoms with Crippen molar-refractivity contribution in [3.8, 4) is 0 Å². The summed E-state index contributed by atoms with van der Waals surface area (Å²) in [7, 11) is -3.44. The lowest BCUT2D eigenvalue weighted by atomic mass is 10.2. The molecule has 5 nitrogen and oxygen atoms in total. The van der Waals surface area contributed by atoms with Crippen LogP contribution in [0.25, 0.3) is 0 Å². The van der Waals surface area contributed by atoms with Crippen molar-refractivity contribution in [3.05, 3.63) is 29.8 Å². The highest BCUT2D eigenvalue weighted by Gasteiger charge is 2.14. The summed E-state index contributed by atoms with van der Waals surface area (Å²) in [6.45, 7) is 7.59. The SMILES string of the molecule is CCCN(CC)CCNS(=O)(=O)c1cccc(CN)c1. The Kier molecular flexibility index (Phi) is 7.15. The molecule has 0 spiro atoms. The number of benzene rings is 1. The Bertz CT molecular complexity index is 503. The van der Waals surface area contributed by atoms with E-state index in [2.05, 4.69) is 23.5 Å². The lowest BCUT2D eigenvalue weighted by Crippen LogP contribution is -2.35. The molecular formula is C14H25N3O2S. The normalized spacial score (nSPS) is 12.0. The standard InChI is InChI=1S/C14H25N3O2S/c1-3-9-17(4-2)10-8-16-20(18,19)14-7-5-6-13(11-14)12-15/h5-7,11,16H,3-4,8-10,12,15H2,1-2H3. The van der Waals surface area contributed by atoms with E-state index in [1.807, 2.05) is 6.07 Å². The molecule has 3 N–H and O–H groups in total. The van der Waals surface area contributed by atoms with Gasteiger partial charge in [-0.3, -0.25) is 0 Å². The van der Waals surface area contributed by atoms with Gasteiger partial charge in [0.1, 0.15) is 0 Å². The Hall–Kier alpha value is -0.950. The molecule has 6 heteroatoms. The van der Waals surface area contributed by atoms with Gasteiger partial charge in [0.2, 0.25) is 10.0 Å². The minimum absolute atomic E-state index is 0.277. The highest BCUT2D eigenvalue weighted by molar-refractivity contribution is 7.89. The smallest absolute Gasteiger partial charge is 0.240 e. The molecule has 0 amide bonds. The Morgan fingerprint density at radius 1 is 1.25 bits per heavy atom. The number of hydrogen-bond donors (Lipinski definition) is 2. The van der Waals surface area contributed by atoms with Crippen molar-refractivity contribution >= 4 is 10.0 Å².